The lowest BCUT2D eigenvalue weighted by Crippen LogP contribution is -2.54. The molecule has 6 nitrogen and oxygen atoms in total. The van der Waals surface area contributed by atoms with Gasteiger partial charge in [0.05, 0.1) is 5.00 Å². The highest BCUT2D eigenvalue weighted by Gasteiger charge is 2.24. The number of nitrogens with one attached hydrogen (secondary N) is 1. The third-order valence-electron chi connectivity index (χ3n) is 4.95. The summed E-state index contributed by atoms with van der Waals surface area (Å²) in [5.41, 5.74) is 0. The lowest BCUT2D eigenvalue weighted by Gasteiger charge is -2.37. The summed E-state index contributed by atoms with van der Waals surface area (Å²) < 4.78 is 0. The van der Waals surface area contributed by atoms with Crippen molar-refractivity contribution in [3.8, 4) is 0 Å². The Bertz CT molecular complexity index is 572. The van der Waals surface area contributed by atoms with E-state index in [-0.39, 0.29) is 12.5 Å². The topological polar surface area (TPSA) is 51.2 Å². The van der Waals surface area contributed by atoms with Crippen molar-refractivity contribution in [3.63, 3.8) is 0 Å². The minimum Gasteiger partial charge on any atom is -0.360 e. The Hall–Kier alpha value is -1.76. The summed E-state index contributed by atoms with van der Waals surface area (Å²) in [6.45, 7) is 4.08. The number of aliphatic imine (C=N–C) groups is 1. The van der Waals surface area contributed by atoms with Gasteiger partial charge >= 0.3 is 0 Å². The molecule has 1 aliphatic heterocycles. The van der Waals surface area contributed by atoms with Gasteiger partial charge in [-0.2, -0.15) is 0 Å². The molecule has 0 bridgehead atoms. The number of rotatable bonds is 4. The molecule has 0 unspecified atom stereocenters. The van der Waals surface area contributed by atoms with Gasteiger partial charge in [0.25, 0.3) is 0 Å². The minimum atomic E-state index is 0.0444. The zero-order chi connectivity index (χ0) is 17.6. The van der Waals surface area contributed by atoms with E-state index in [0.717, 1.165) is 32.1 Å². The van der Waals surface area contributed by atoms with E-state index in [0.29, 0.717) is 6.04 Å². The third kappa shape index (κ3) is 4.87. The van der Waals surface area contributed by atoms with Gasteiger partial charge < -0.3 is 20.0 Å². The van der Waals surface area contributed by atoms with Crippen LogP contribution in [0.4, 0.5) is 5.00 Å². The molecular weight excluding hydrogens is 334 g/mol. The number of thiophene rings is 1. The molecule has 138 valence electrons. The normalized spacial score (nSPS) is 19.4. The zero-order valence-corrected chi connectivity index (χ0v) is 16.1. The van der Waals surface area contributed by atoms with E-state index < -0.39 is 0 Å². The fraction of sp³-hybridized carbons (Fsp3) is 0.667. The number of anilines is 1. The number of carbonyl (C=O) groups is 1. The van der Waals surface area contributed by atoms with Gasteiger partial charge in [-0.15, -0.1) is 11.3 Å². The largest absolute Gasteiger partial charge is 0.360 e. The van der Waals surface area contributed by atoms with Crippen LogP contribution in [-0.2, 0) is 4.79 Å². The summed E-state index contributed by atoms with van der Waals surface area (Å²) in [5.74, 6) is 0.955. The van der Waals surface area contributed by atoms with E-state index in [9.17, 15) is 4.79 Å². The number of likely N-dealkylation sites (N-methyl/N-ethyl adjacent to an activating group) is 1. The predicted molar refractivity (Wildman–Crippen MR) is 104 cm³/mol. The highest BCUT2D eigenvalue weighted by Crippen LogP contribution is 2.23. The fourth-order valence-electron chi connectivity index (χ4n) is 3.36. The standard InChI is InChI=1S/C18H29N5OS/c1-21(2)16(24)14-19-18(20-15-6-3-4-7-15)23-11-9-22(10-12-23)17-8-5-13-25-17/h5,8,13,15H,3-4,6-7,9-12,14H2,1-2H3,(H,19,20). The van der Waals surface area contributed by atoms with Crippen molar-refractivity contribution in [3.05, 3.63) is 17.5 Å². The Morgan fingerprint density at radius 1 is 1.28 bits per heavy atom. The molecule has 0 spiro atoms. The van der Waals surface area contributed by atoms with E-state index in [1.54, 1.807) is 30.3 Å². The zero-order valence-electron chi connectivity index (χ0n) is 15.3. The van der Waals surface area contributed by atoms with E-state index in [1.807, 2.05) is 0 Å². The Morgan fingerprint density at radius 2 is 2.00 bits per heavy atom. The Kier molecular flexibility index (Phi) is 6.18. The summed E-state index contributed by atoms with van der Waals surface area (Å²) >= 11 is 1.79. The van der Waals surface area contributed by atoms with Gasteiger partial charge in [-0.05, 0) is 30.4 Å². The van der Waals surface area contributed by atoms with Crippen LogP contribution in [0.1, 0.15) is 25.7 Å². The Labute approximate surface area is 154 Å². The third-order valence-corrected chi connectivity index (χ3v) is 5.88. The van der Waals surface area contributed by atoms with Crippen LogP contribution < -0.4 is 10.2 Å². The van der Waals surface area contributed by atoms with Gasteiger partial charge in [0.1, 0.15) is 6.54 Å². The number of nitrogens with zero attached hydrogens (tertiary/aromatic N) is 4. The molecule has 2 heterocycles. The Morgan fingerprint density at radius 3 is 2.60 bits per heavy atom. The second-order valence-corrected chi connectivity index (χ2v) is 7.91. The molecule has 1 saturated carbocycles. The van der Waals surface area contributed by atoms with E-state index in [1.165, 1.54) is 30.7 Å². The molecule has 3 rings (SSSR count). The van der Waals surface area contributed by atoms with E-state index in [2.05, 4.69) is 37.6 Å². The average molecular weight is 364 g/mol. The molecule has 1 N–H and O–H groups in total. The van der Waals surface area contributed by atoms with Crippen molar-refractivity contribution < 1.29 is 4.79 Å². The van der Waals surface area contributed by atoms with Crippen molar-refractivity contribution in [1.29, 1.82) is 0 Å². The molecule has 0 atom stereocenters. The lowest BCUT2D eigenvalue weighted by molar-refractivity contribution is -0.127. The first kappa shape index (κ1) is 18.0. The molecule has 1 aromatic heterocycles. The highest BCUT2D eigenvalue weighted by atomic mass is 32.1. The molecular formula is C18H29N5OS. The second-order valence-electron chi connectivity index (χ2n) is 6.98. The van der Waals surface area contributed by atoms with Gasteiger partial charge in [0, 0.05) is 46.3 Å². The number of hydrogen-bond donors (Lipinski definition) is 1. The lowest BCUT2D eigenvalue weighted by atomic mass is 10.2. The molecule has 1 saturated heterocycles. The van der Waals surface area contributed by atoms with Crippen LogP contribution in [0.15, 0.2) is 22.5 Å². The van der Waals surface area contributed by atoms with Crippen molar-refractivity contribution in [2.24, 2.45) is 4.99 Å². The quantitative estimate of drug-likeness (QED) is 0.655. The number of amides is 1. The molecule has 1 aliphatic carbocycles. The smallest absolute Gasteiger partial charge is 0.243 e. The van der Waals surface area contributed by atoms with Crippen LogP contribution in [0.3, 0.4) is 0 Å². The van der Waals surface area contributed by atoms with E-state index in [4.69, 9.17) is 0 Å². The van der Waals surface area contributed by atoms with Crippen LogP contribution in [0.5, 0.6) is 0 Å². The van der Waals surface area contributed by atoms with Crippen molar-refractivity contribution in [2.45, 2.75) is 31.7 Å². The monoisotopic (exact) mass is 363 g/mol. The minimum absolute atomic E-state index is 0.0444. The van der Waals surface area contributed by atoms with Crippen LogP contribution >= 0.6 is 11.3 Å². The number of carbonyl (C=O) groups excluding carboxylic acids is 1. The van der Waals surface area contributed by atoms with Crippen molar-refractivity contribution in [1.82, 2.24) is 15.1 Å². The SMILES string of the molecule is CN(C)C(=O)CN=C(NC1CCCC1)N1CCN(c2cccs2)CC1. The maximum Gasteiger partial charge on any atom is 0.243 e. The molecule has 2 aliphatic rings. The first-order chi connectivity index (χ1) is 12.1. The summed E-state index contributed by atoms with van der Waals surface area (Å²) in [6.07, 6.45) is 4.98. The maximum atomic E-state index is 11.9. The van der Waals surface area contributed by atoms with Crippen LogP contribution in [-0.4, -0.2) is 74.5 Å². The number of piperazine rings is 1. The van der Waals surface area contributed by atoms with Gasteiger partial charge in [-0.25, -0.2) is 4.99 Å². The van der Waals surface area contributed by atoms with Crippen molar-refractivity contribution in [2.75, 3.05) is 51.7 Å². The summed E-state index contributed by atoms with van der Waals surface area (Å²) in [4.78, 5) is 22.9. The van der Waals surface area contributed by atoms with Gasteiger partial charge in [-0.1, -0.05) is 12.8 Å². The van der Waals surface area contributed by atoms with Crippen LogP contribution in [0, 0.1) is 0 Å². The number of guanidine groups is 1. The van der Waals surface area contributed by atoms with Gasteiger partial charge in [0.2, 0.25) is 5.91 Å². The highest BCUT2D eigenvalue weighted by molar-refractivity contribution is 7.14. The predicted octanol–water partition coefficient (Wildman–Crippen LogP) is 1.85. The summed E-state index contributed by atoms with van der Waals surface area (Å²) in [7, 11) is 3.56. The number of hydrogen-bond acceptors (Lipinski definition) is 4. The van der Waals surface area contributed by atoms with Crippen LogP contribution in [0.25, 0.3) is 0 Å². The first-order valence-corrected chi connectivity index (χ1v) is 10.1. The second kappa shape index (κ2) is 8.56. The molecule has 0 aromatic carbocycles. The van der Waals surface area contributed by atoms with Crippen LogP contribution in [0.2, 0.25) is 0 Å². The maximum absolute atomic E-state index is 11.9. The summed E-state index contributed by atoms with van der Waals surface area (Å²) in [5, 5.41) is 7.08. The molecule has 1 amide bonds. The average Bonchev–Trinajstić information content (AvgIpc) is 3.32. The van der Waals surface area contributed by atoms with Crippen molar-refractivity contribution >= 4 is 28.2 Å². The van der Waals surface area contributed by atoms with E-state index >= 15 is 0 Å². The first-order valence-electron chi connectivity index (χ1n) is 9.18. The summed E-state index contributed by atoms with van der Waals surface area (Å²) in [6, 6.07) is 4.79. The molecule has 25 heavy (non-hydrogen) atoms. The van der Waals surface area contributed by atoms with Gasteiger partial charge in [-0.3, -0.25) is 4.79 Å². The molecule has 7 heteroatoms. The molecule has 1 aromatic rings. The fourth-order valence-corrected chi connectivity index (χ4v) is 4.15. The molecule has 2 fully saturated rings. The molecule has 0 radical (unpaired) electrons. The Balaban J connectivity index is 1.62. The van der Waals surface area contributed by atoms with Gasteiger partial charge in [0.15, 0.2) is 5.96 Å².